The van der Waals surface area contributed by atoms with Crippen molar-refractivity contribution in [2.45, 2.75) is 42.7 Å². The number of amides is 2. The number of benzene rings is 2. The fourth-order valence-electron chi connectivity index (χ4n) is 5.89. The van der Waals surface area contributed by atoms with E-state index in [2.05, 4.69) is 10.2 Å². The molecule has 204 valence electrons. The molecule has 10 nitrogen and oxygen atoms in total. The highest BCUT2D eigenvalue weighted by Gasteiger charge is 2.55. The maximum absolute atomic E-state index is 15.5. The molecule has 1 atom stereocenters. The van der Waals surface area contributed by atoms with Gasteiger partial charge in [-0.2, -0.15) is 0 Å². The zero-order valence-corrected chi connectivity index (χ0v) is 22.5. The molecule has 4 heterocycles. The van der Waals surface area contributed by atoms with Gasteiger partial charge in [-0.05, 0) is 48.6 Å². The third kappa shape index (κ3) is 4.40. The summed E-state index contributed by atoms with van der Waals surface area (Å²) in [6.07, 6.45) is 1.56. The topological polar surface area (TPSA) is 140 Å². The number of aromatic nitrogens is 2. The Kier molecular flexibility index (Phi) is 6.05. The first-order chi connectivity index (χ1) is 18.5. The van der Waals surface area contributed by atoms with E-state index in [4.69, 9.17) is 21.8 Å². The summed E-state index contributed by atoms with van der Waals surface area (Å²) in [5.41, 5.74) is 5.98. The molecule has 2 bridgehead atoms. The highest BCUT2D eigenvalue weighted by Crippen LogP contribution is 2.52. The van der Waals surface area contributed by atoms with Crippen molar-refractivity contribution in [2.75, 3.05) is 23.7 Å². The number of rotatable bonds is 4. The molecule has 39 heavy (non-hydrogen) atoms. The van der Waals surface area contributed by atoms with Gasteiger partial charge in [-0.15, -0.1) is 10.2 Å². The first-order valence-electron chi connectivity index (χ1n) is 12.4. The van der Waals surface area contributed by atoms with Crippen LogP contribution in [0.3, 0.4) is 0 Å². The second-order valence-electron chi connectivity index (χ2n) is 10.6. The monoisotopic (exact) mass is 573 g/mol. The summed E-state index contributed by atoms with van der Waals surface area (Å²) in [7, 11) is -4.10. The van der Waals surface area contributed by atoms with Crippen molar-refractivity contribution in [1.82, 2.24) is 15.1 Å². The van der Waals surface area contributed by atoms with Crippen molar-refractivity contribution in [3.8, 4) is 11.5 Å². The number of fused-ring (bicyclic) bond motifs is 3. The number of nitrogens with zero attached hydrogens (tertiary/aromatic N) is 4. The Morgan fingerprint density at radius 1 is 1.23 bits per heavy atom. The van der Waals surface area contributed by atoms with Crippen molar-refractivity contribution in [2.24, 2.45) is 11.7 Å². The minimum absolute atomic E-state index is 0.0161. The lowest BCUT2D eigenvalue weighted by Gasteiger charge is -2.54. The minimum Gasteiger partial charge on any atom is -0.420 e. The van der Waals surface area contributed by atoms with E-state index >= 15 is 4.39 Å². The Balaban J connectivity index is 1.42. The third-order valence-corrected chi connectivity index (χ3v) is 9.84. The quantitative estimate of drug-likeness (QED) is 0.502. The predicted octanol–water partition coefficient (Wildman–Crippen LogP) is 2.69. The van der Waals surface area contributed by atoms with Crippen LogP contribution in [0.2, 0.25) is 5.02 Å². The Labute approximate surface area is 228 Å². The van der Waals surface area contributed by atoms with E-state index in [0.717, 1.165) is 18.9 Å². The van der Waals surface area contributed by atoms with Crippen LogP contribution < -0.4 is 10.6 Å². The molecule has 3 aromatic rings. The van der Waals surface area contributed by atoms with Crippen LogP contribution in [0.25, 0.3) is 11.5 Å². The Bertz CT molecular complexity index is 1600. The van der Waals surface area contributed by atoms with Crippen molar-refractivity contribution in [1.29, 1.82) is 0 Å². The zero-order valence-electron chi connectivity index (χ0n) is 20.9. The third-order valence-electron chi connectivity index (χ3n) is 7.80. The van der Waals surface area contributed by atoms with Gasteiger partial charge in [0.05, 0.1) is 39.9 Å². The van der Waals surface area contributed by atoms with E-state index in [1.807, 2.05) is 0 Å². The van der Waals surface area contributed by atoms with Crippen molar-refractivity contribution in [3.05, 3.63) is 58.7 Å². The van der Waals surface area contributed by atoms with E-state index in [1.165, 1.54) is 17.9 Å². The van der Waals surface area contributed by atoms with Crippen LogP contribution >= 0.6 is 11.6 Å². The van der Waals surface area contributed by atoms with Gasteiger partial charge in [-0.3, -0.25) is 9.59 Å². The smallest absolute Gasteiger partial charge is 0.250 e. The lowest BCUT2D eigenvalue weighted by Crippen LogP contribution is -2.60. The summed E-state index contributed by atoms with van der Waals surface area (Å²) in [5.74, 6) is -1.71. The molecule has 2 aromatic carbocycles. The summed E-state index contributed by atoms with van der Waals surface area (Å²) in [6.45, 7) is 2.62. The molecule has 2 saturated heterocycles. The molecule has 7 rings (SSSR count). The number of carbonyl (C=O) groups excluding carboxylic acids is 2. The lowest BCUT2D eigenvalue weighted by atomic mass is 9.58. The molecule has 2 amide bonds. The van der Waals surface area contributed by atoms with Crippen LogP contribution in [-0.2, 0) is 31.4 Å². The molecule has 13 heteroatoms. The van der Waals surface area contributed by atoms with Crippen LogP contribution in [0.15, 0.2) is 45.7 Å². The van der Waals surface area contributed by atoms with Gasteiger partial charge in [0.1, 0.15) is 5.82 Å². The molecule has 1 saturated carbocycles. The van der Waals surface area contributed by atoms with E-state index < -0.39 is 38.8 Å². The number of sulfone groups is 1. The molecular formula is C26H25ClFN5O5S. The SMILES string of the molecule is CC(=O)N1CC2CC(c3nnc(-c4cc5c(cc4F)S(=O)(=O)C[C@H](N)C(=O)N5Cc4ccc(Cl)cc4)o3)(C2)C1. The Hall–Kier alpha value is -3.35. The molecule has 3 fully saturated rings. The first-order valence-corrected chi connectivity index (χ1v) is 14.5. The van der Waals surface area contributed by atoms with Gasteiger partial charge in [0, 0.05) is 25.0 Å². The van der Waals surface area contributed by atoms with Gasteiger partial charge in [0.25, 0.3) is 5.89 Å². The molecule has 0 spiro atoms. The standard InChI is InChI=1S/C26H25ClFN5O5S/c1-14(34)32-10-16-8-26(9-16,13-32)25-31-30-23(38-25)18-6-21-22(7-19(18)28)39(36,37)12-20(29)24(35)33(21)11-15-2-4-17(27)5-3-15/h2-7,16,20H,8-13,29H2,1H3/t16?,20-,26?/m0/s1. The average molecular weight is 574 g/mol. The van der Waals surface area contributed by atoms with E-state index in [0.29, 0.717) is 35.5 Å². The summed E-state index contributed by atoms with van der Waals surface area (Å²) < 4.78 is 47.6. The van der Waals surface area contributed by atoms with Gasteiger partial charge >= 0.3 is 0 Å². The molecule has 2 N–H and O–H groups in total. The van der Waals surface area contributed by atoms with Crippen LogP contribution in [0, 0.1) is 11.7 Å². The van der Waals surface area contributed by atoms with E-state index in [1.54, 1.807) is 29.2 Å². The maximum atomic E-state index is 15.5. The Morgan fingerprint density at radius 3 is 2.64 bits per heavy atom. The summed E-state index contributed by atoms with van der Waals surface area (Å²) in [4.78, 5) is 27.9. The molecule has 1 aromatic heterocycles. The number of halogens is 2. The van der Waals surface area contributed by atoms with Crippen LogP contribution in [0.1, 0.15) is 31.2 Å². The fraction of sp³-hybridized carbons (Fsp3) is 0.385. The number of carbonyl (C=O) groups is 2. The summed E-state index contributed by atoms with van der Waals surface area (Å²) in [6, 6.07) is 7.49. The lowest BCUT2D eigenvalue weighted by molar-refractivity contribution is -0.137. The number of hydrogen-bond acceptors (Lipinski definition) is 8. The highest BCUT2D eigenvalue weighted by atomic mass is 35.5. The van der Waals surface area contributed by atoms with Crippen LogP contribution in [-0.4, -0.2) is 60.2 Å². The fourth-order valence-corrected chi connectivity index (χ4v) is 7.58. The van der Waals surface area contributed by atoms with E-state index in [9.17, 15) is 18.0 Å². The van der Waals surface area contributed by atoms with Gasteiger partial charge in [-0.25, -0.2) is 12.8 Å². The second kappa shape index (κ2) is 9.10. The van der Waals surface area contributed by atoms with Gasteiger partial charge < -0.3 is 20.0 Å². The van der Waals surface area contributed by atoms with Crippen molar-refractivity contribution in [3.63, 3.8) is 0 Å². The number of piperidine rings is 2. The number of nitrogens with two attached hydrogens (primary N) is 1. The molecule has 0 unspecified atom stereocenters. The second-order valence-corrected chi connectivity index (χ2v) is 13.0. The summed E-state index contributed by atoms with van der Waals surface area (Å²) in [5, 5.41) is 8.76. The highest BCUT2D eigenvalue weighted by molar-refractivity contribution is 7.91. The van der Waals surface area contributed by atoms with Crippen molar-refractivity contribution < 1.29 is 26.8 Å². The van der Waals surface area contributed by atoms with Crippen molar-refractivity contribution >= 4 is 38.9 Å². The Morgan fingerprint density at radius 2 is 1.95 bits per heavy atom. The number of hydrogen-bond donors (Lipinski definition) is 1. The molecule has 3 aliphatic heterocycles. The van der Waals surface area contributed by atoms with Gasteiger partial charge in [0.2, 0.25) is 17.7 Å². The van der Waals surface area contributed by atoms with Crippen LogP contribution in [0.4, 0.5) is 10.1 Å². The molecule has 4 aliphatic rings. The molecule has 1 aliphatic carbocycles. The van der Waals surface area contributed by atoms with Gasteiger partial charge in [0.15, 0.2) is 9.84 Å². The normalized spacial score (nSPS) is 25.6. The van der Waals surface area contributed by atoms with E-state index in [-0.39, 0.29) is 34.5 Å². The summed E-state index contributed by atoms with van der Waals surface area (Å²) >= 11 is 5.99. The minimum atomic E-state index is -4.10. The first kappa shape index (κ1) is 25.9. The predicted molar refractivity (Wildman–Crippen MR) is 139 cm³/mol. The zero-order chi connectivity index (χ0) is 27.7. The van der Waals surface area contributed by atoms with Crippen LogP contribution in [0.5, 0.6) is 0 Å². The molecule has 0 radical (unpaired) electrons. The number of anilines is 1. The average Bonchev–Trinajstić information content (AvgIpc) is 3.35. The molecular weight excluding hydrogens is 549 g/mol. The maximum Gasteiger partial charge on any atom is 0.250 e. The largest absolute Gasteiger partial charge is 0.420 e. The van der Waals surface area contributed by atoms with Gasteiger partial charge in [-0.1, -0.05) is 23.7 Å².